The number of rotatable bonds is 19. The molecule has 5 N–H and O–H groups in total. The number of pyridine rings is 1. The first kappa shape index (κ1) is 104. The van der Waals surface area contributed by atoms with Gasteiger partial charge >= 0.3 is 11.4 Å². The molecular formula is C90H142F2N6O8. The molecule has 0 saturated carbocycles. The third-order valence-corrected chi connectivity index (χ3v) is 16.4. The van der Waals surface area contributed by atoms with Crippen molar-refractivity contribution in [3.05, 3.63) is 255 Å². The molecule has 0 aliphatic carbocycles. The summed E-state index contributed by atoms with van der Waals surface area (Å²) >= 11 is 0. The number of hydrogen-bond donors (Lipinski definition) is 4. The Morgan fingerprint density at radius 1 is 0.425 bits per heavy atom. The minimum Gasteiger partial charge on any atom is -0.393 e. The van der Waals surface area contributed by atoms with Crippen LogP contribution in [-0.2, 0) is 35.0 Å². The summed E-state index contributed by atoms with van der Waals surface area (Å²) in [6, 6.07) is 56.7. The number of carbonyl (C=O) groups is 3. The maximum Gasteiger partial charge on any atom is 0.328 e. The first-order valence-corrected chi connectivity index (χ1v) is 38.1. The number of benzene rings is 5. The third kappa shape index (κ3) is 51.2. The molecule has 16 heteroatoms. The molecule has 0 radical (unpaired) electrons. The van der Waals surface area contributed by atoms with Crippen molar-refractivity contribution in [2.24, 2.45) is 25.7 Å². The summed E-state index contributed by atoms with van der Waals surface area (Å²) in [6.07, 6.45) is 11.6. The first-order chi connectivity index (χ1) is 49.7. The lowest BCUT2D eigenvalue weighted by atomic mass is 9.94. The molecule has 5 atom stereocenters. The normalized spacial score (nSPS) is 11.7. The molecule has 14 nitrogen and oxygen atoms in total. The van der Waals surface area contributed by atoms with Gasteiger partial charge in [-0.2, -0.15) is 0 Å². The molecule has 0 aliphatic heterocycles. The van der Waals surface area contributed by atoms with E-state index in [4.69, 9.17) is 21.1 Å². The predicted molar refractivity (Wildman–Crippen MR) is 445 cm³/mol. The molecule has 8 aromatic rings. The Morgan fingerprint density at radius 2 is 0.726 bits per heavy atom. The van der Waals surface area contributed by atoms with Crippen molar-refractivity contribution in [3.8, 4) is 0 Å². The van der Waals surface area contributed by atoms with Crippen LogP contribution in [0.25, 0.3) is 0 Å². The Labute approximate surface area is 640 Å². The number of alkyl halides is 2. The number of ketones is 3. The molecule has 0 saturated heterocycles. The molecule has 8 rings (SSSR count). The number of nitrogens with two attached hydrogens (primary N) is 1. The highest BCUT2D eigenvalue weighted by molar-refractivity contribution is 5.83. The van der Waals surface area contributed by atoms with Crippen molar-refractivity contribution in [1.82, 2.24) is 23.3 Å². The lowest BCUT2D eigenvalue weighted by Gasteiger charge is -2.14. The number of carbonyl (C=O) groups excluding carboxylic acids is 3. The second-order valence-corrected chi connectivity index (χ2v) is 27.7. The van der Waals surface area contributed by atoms with E-state index in [1.165, 1.54) is 33.4 Å². The zero-order chi connectivity index (χ0) is 82.1. The van der Waals surface area contributed by atoms with Crippen LogP contribution in [0.15, 0.2) is 211 Å². The van der Waals surface area contributed by atoms with E-state index in [0.29, 0.717) is 68.1 Å². The number of halogens is 2. The summed E-state index contributed by atoms with van der Waals surface area (Å²) < 4.78 is 29.7. The lowest BCUT2D eigenvalue weighted by Crippen LogP contribution is -2.28. The first-order valence-electron chi connectivity index (χ1n) is 38.1. The van der Waals surface area contributed by atoms with Crippen LogP contribution in [-0.4, -0.2) is 86.2 Å². The molecule has 0 fully saturated rings. The predicted octanol–water partition coefficient (Wildman–Crippen LogP) is 21.1. The number of hydrogen-bond acceptors (Lipinski definition) is 10. The molecule has 0 bridgehead atoms. The van der Waals surface area contributed by atoms with E-state index in [2.05, 4.69) is 215 Å². The number of imidazole rings is 2. The van der Waals surface area contributed by atoms with Crippen molar-refractivity contribution >= 4 is 17.3 Å². The van der Waals surface area contributed by atoms with Gasteiger partial charge in [-0.25, -0.2) is 18.4 Å². The SMILES string of the molecule is CC(C)c1ccccc1.CC(C)c1ccccc1.CC(C)c1ccccc1.CC(C)c1ccccc1.CC(C)c1ccccc1.CC(C)c1cccnc1.CC(C)n1ccn(C)c1=O.CC(O)C(C)(F)F.CCC(=O)C(CC)C(C)O.CCC(=O)C(N)CC.CCC(=O)C(O)CC.CCn1ccn(C)c1=O. The Bertz CT molecular complexity index is 3110. The van der Waals surface area contributed by atoms with E-state index >= 15 is 0 Å². The molecule has 0 spiro atoms. The van der Waals surface area contributed by atoms with E-state index in [9.17, 15) is 32.8 Å². The monoisotopic (exact) mass is 1470 g/mol. The molecule has 0 aliphatic rings. The lowest BCUT2D eigenvalue weighted by molar-refractivity contribution is -0.127. The maximum atomic E-state index is 11.6. The van der Waals surface area contributed by atoms with Gasteiger partial charge < -0.3 is 30.2 Å². The Hall–Kier alpha value is -8.02. The quantitative estimate of drug-likeness (QED) is 0.0603. The minimum absolute atomic E-state index is 0.0509. The van der Waals surface area contributed by atoms with Crippen LogP contribution in [0.2, 0.25) is 0 Å². The largest absolute Gasteiger partial charge is 0.393 e. The van der Waals surface area contributed by atoms with Gasteiger partial charge in [0.15, 0.2) is 5.78 Å². The van der Waals surface area contributed by atoms with Gasteiger partial charge in [-0.15, -0.1) is 0 Å². The fourth-order valence-corrected chi connectivity index (χ4v) is 8.59. The summed E-state index contributed by atoms with van der Waals surface area (Å²) in [7, 11) is 3.50. The zero-order valence-electron chi connectivity index (χ0n) is 69.9. The average molecular weight is 1470 g/mol. The third-order valence-electron chi connectivity index (χ3n) is 16.4. The van der Waals surface area contributed by atoms with Crippen LogP contribution in [0.1, 0.15) is 280 Å². The van der Waals surface area contributed by atoms with Crippen molar-refractivity contribution < 1.29 is 38.5 Å². The van der Waals surface area contributed by atoms with E-state index in [1.54, 1.807) is 84.1 Å². The highest BCUT2D eigenvalue weighted by atomic mass is 19.3. The Balaban J connectivity index is -0.000000536. The van der Waals surface area contributed by atoms with Crippen LogP contribution < -0.4 is 17.1 Å². The molecule has 594 valence electrons. The summed E-state index contributed by atoms with van der Waals surface area (Å²) in [6.45, 7) is 47.5. The highest BCUT2D eigenvalue weighted by Crippen LogP contribution is 2.18. The summed E-state index contributed by atoms with van der Waals surface area (Å²) in [5.74, 6) is 1.06. The van der Waals surface area contributed by atoms with E-state index in [1.807, 2.05) is 91.1 Å². The van der Waals surface area contributed by atoms with Gasteiger partial charge in [-0.1, -0.05) is 282 Å². The van der Waals surface area contributed by atoms with Crippen LogP contribution in [0.4, 0.5) is 8.78 Å². The van der Waals surface area contributed by atoms with E-state index < -0.39 is 24.2 Å². The summed E-state index contributed by atoms with van der Waals surface area (Å²) in [5.41, 5.74) is 13.9. The molecule has 3 heterocycles. The molecule has 0 amide bonds. The molecular weight excluding hydrogens is 1330 g/mol. The number of aliphatic hydroxyl groups excluding tert-OH is 3. The van der Waals surface area contributed by atoms with Gasteiger partial charge in [0.25, 0.3) is 5.92 Å². The van der Waals surface area contributed by atoms with Crippen molar-refractivity contribution in [1.29, 1.82) is 0 Å². The number of nitrogens with zero attached hydrogens (tertiary/aromatic N) is 5. The van der Waals surface area contributed by atoms with Gasteiger partial charge in [0.2, 0.25) is 0 Å². The summed E-state index contributed by atoms with van der Waals surface area (Å²) in [4.78, 5) is 58.2. The number of aryl methyl sites for hydroxylation is 3. The molecule has 5 aromatic carbocycles. The van der Waals surface area contributed by atoms with Crippen LogP contribution in [0.5, 0.6) is 0 Å². The highest BCUT2D eigenvalue weighted by Gasteiger charge is 2.27. The zero-order valence-corrected chi connectivity index (χ0v) is 69.9. The maximum absolute atomic E-state index is 11.6. The van der Waals surface area contributed by atoms with Crippen molar-refractivity contribution in [3.63, 3.8) is 0 Å². The smallest absolute Gasteiger partial charge is 0.328 e. The number of aromatic nitrogens is 5. The van der Waals surface area contributed by atoms with Gasteiger partial charge in [0.1, 0.15) is 23.8 Å². The summed E-state index contributed by atoms with van der Waals surface area (Å²) in [5, 5.41) is 26.0. The molecule has 5 unspecified atom stereocenters. The van der Waals surface area contributed by atoms with Gasteiger partial charge in [-0.3, -0.25) is 28.5 Å². The van der Waals surface area contributed by atoms with Gasteiger partial charge in [0, 0.05) is 96.0 Å². The van der Waals surface area contributed by atoms with Crippen LogP contribution in [0, 0.1) is 5.92 Å². The van der Waals surface area contributed by atoms with Crippen LogP contribution in [0.3, 0.4) is 0 Å². The Kier molecular flexibility index (Phi) is 61.1. The number of aliphatic hydroxyl groups is 3. The van der Waals surface area contributed by atoms with Crippen LogP contribution >= 0.6 is 0 Å². The van der Waals surface area contributed by atoms with E-state index in [-0.39, 0.29) is 46.7 Å². The standard InChI is InChI=1S/5C9H12.C8H11N.C8H16O2.C7H12N2O.C6H10N2O.C6H13NO.C6H12O2.C4H8F2O/c5*1-8(2)9-6-4-3-5-7-9;1-7(2)8-4-3-5-9-6-8;1-4-7(6(3)9)8(10)5-2;1-6(2)9-5-4-8(3)7(9)10;1-3-8-5-4-7(2)6(8)9;2*1-3-5(7)6(8)4-2;1-3(7)4(2,5)6/h5*3-8H,1-2H3;3-7H,1-2H3;6-7,9H,4-5H2,1-3H3;4-6H,1-3H3;4-5H,3H2,1-2H3;5H,3-4,7H2,1-2H3;5,7H,3-4H2,1-2H3;3,7H,1-2H3. The fourth-order valence-electron chi connectivity index (χ4n) is 8.59. The van der Waals surface area contributed by atoms with E-state index in [0.717, 1.165) is 26.3 Å². The fraction of sp³-hybridized carbons (Fsp3) is 0.511. The molecule has 3 aromatic heterocycles. The molecule has 106 heavy (non-hydrogen) atoms. The van der Waals surface area contributed by atoms with Gasteiger partial charge in [-0.05, 0) is 129 Å². The second kappa shape index (κ2) is 62.1. The van der Waals surface area contributed by atoms with Crippen molar-refractivity contribution in [2.45, 2.75) is 283 Å². The van der Waals surface area contributed by atoms with Crippen molar-refractivity contribution in [2.75, 3.05) is 0 Å². The number of Topliss-reactive ketones (excluding diaryl/α,β-unsaturated/α-hetero) is 3. The topological polar surface area (TPSA) is 205 Å². The average Bonchev–Trinajstić information content (AvgIpc) is 1.73. The Morgan fingerprint density at radius 3 is 0.849 bits per heavy atom. The second-order valence-electron chi connectivity index (χ2n) is 27.7. The van der Waals surface area contributed by atoms with Gasteiger partial charge in [0.05, 0.1) is 12.1 Å². The minimum atomic E-state index is -2.94.